The molecule has 0 amide bonds. The Kier molecular flexibility index (Phi) is 5.25. The number of hydrogen-bond donors (Lipinski definition) is 0. The summed E-state index contributed by atoms with van der Waals surface area (Å²) in [5.41, 5.74) is 0.855. The maximum absolute atomic E-state index is 13.5. The smallest absolute Gasteiger partial charge is 0.266 e. The van der Waals surface area contributed by atoms with Crippen molar-refractivity contribution in [3.63, 3.8) is 0 Å². The average molecular weight is 434 g/mol. The zero-order chi connectivity index (χ0) is 19.7. The molecule has 0 bridgehead atoms. The van der Waals surface area contributed by atoms with E-state index >= 15 is 0 Å². The molecule has 144 valence electrons. The molecule has 0 radical (unpaired) electrons. The standard InChI is InChI=1S/C19H16ClN3O3S2/c20-16-8-7-15(10-13(16)11-21)28(24,25)23(12-14-4-3-9-26-14)19-22-17-5-1-2-6-18(17)27-19/h1-2,5-8,10,14H,3-4,9,12H2. The van der Waals surface area contributed by atoms with Crippen LogP contribution < -0.4 is 4.31 Å². The Morgan fingerprint density at radius 3 is 2.86 bits per heavy atom. The van der Waals surface area contributed by atoms with Crippen molar-refractivity contribution < 1.29 is 13.2 Å². The molecule has 6 nitrogen and oxygen atoms in total. The van der Waals surface area contributed by atoms with Gasteiger partial charge in [-0.25, -0.2) is 17.7 Å². The van der Waals surface area contributed by atoms with Gasteiger partial charge in [0.25, 0.3) is 10.0 Å². The Bertz CT molecular complexity index is 1130. The monoisotopic (exact) mass is 433 g/mol. The van der Waals surface area contributed by atoms with Gasteiger partial charge >= 0.3 is 0 Å². The van der Waals surface area contributed by atoms with E-state index in [1.54, 1.807) is 0 Å². The van der Waals surface area contributed by atoms with Crippen molar-refractivity contribution in [3.05, 3.63) is 53.1 Å². The number of ether oxygens (including phenoxy) is 1. The first-order valence-electron chi connectivity index (χ1n) is 8.68. The normalized spacial score (nSPS) is 16.9. The summed E-state index contributed by atoms with van der Waals surface area (Å²) in [6.07, 6.45) is 1.50. The van der Waals surface area contributed by atoms with Gasteiger partial charge in [-0.3, -0.25) is 0 Å². The van der Waals surface area contributed by atoms with Gasteiger partial charge in [0.15, 0.2) is 0 Å². The van der Waals surface area contributed by atoms with Gasteiger partial charge in [-0.1, -0.05) is 35.1 Å². The van der Waals surface area contributed by atoms with Crippen molar-refractivity contribution in [2.75, 3.05) is 17.5 Å². The van der Waals surface area contributed by atoms with Gasteiger partial charge in [-0.15, -0.1) is 0 Å². The van der Waals surface area contributed by atoms with Crippen LogP contribution in [0, 0.1) is 11.3 Å². The molecule has 3 aromatic rings. The molecule has 1 aromatic heterocycles. The number of para-hydroxylation sites is 1. The second kappa shape index (κ2) is 7.68. The second-order valence-corrected chi connectivity index (χ2v) is 9.67. The highest BCUT2D eigenvalue weighted by molar-refractivity contribution is 7.93. The summed E-state index contributed by atoms with van der Waals surface area (Å²) in [6.45, 7) is 0.796. The van der Waals surface area contributed by atoms with E-state index in [-0.39, 0.29) is 28.1 Å². The number of anilines is 1. The van der Waals surface area contributed by atoms with E-state index in [9.17, 15) is 13.7 Å². The van der Waals surface area contributed by atoms with E-state index in [0.29, 0.717) is 11.7 Å². The summed E-state index contributed by atoms with van der Waals surface area (Å²) in [7, 11) is -3.95. The fourth-order valence-corrected chi connectivity index (χ4v) is 5.91. The summed E-state index contributed by atoms with van der Waals surface area (Å²) in [5.74, 6) is 0. The Morgan fingerprint density at radius 2 is 2.14 bits per heavy atom. The Morgan fingerprint density at radius 1 is 1.32 bits per heavy atom. The molecule has 2 heterocycles. The Labute approximate surface area is 172 Å². The lowest BCUT2D eigenvalue weighted by Crippen LogP contribution is -2.37. The SMILES string of the molecule is N#Cc1cc(S(=O)(=O)N(CC2CCCO2)c2nc3ccccc3s2)ccc1Cl. The molecule has 9 heteroatoms. The van der Waals surface area contributed by atoms with E-state index in [0.717, 1.165) is 23.1 Å². The summed E-state index contributed by atoms with van der Waals surface area (Å²) >= 11 is 7.29. The summed E-state index contributed by atoms with van der Waals surface area (Å²) in [6, 6.07) is 13.6. The van der Waals surface area contributed by atoms with Crippen molar-refractivity contribution in [1.29, 1.82) is 5.26 Å². The zero-order valence-electron chi connectivity index (χ0n) is 14.7. The van der Waals surface area contributed by atoms with E-state index < -0.39 is 10.0 Å². The first-order valence-corrected chi connectivity index (χ1v) is 11.3. The van der Waals surface area contributed by atoms with Crippen LogP contribution in [0.25, 0.3) is 10.2 Å². The third kappa shape index (κ3) is 3.59. The van der Waals surface area contributed by atoms with Gasteiger partial charge in [-0.05, 0) is 43.2 Å². The first-order chi connectivity index (χ1) is 13.5. The van der Waals surface area contributed by atoms with Crippen molar-refractivity contribution in [2.24, 2.45) is 0 Å². The van der Waals surface area contributed by atoms with E-state index in [1.165, 1.54) is 33.8 Å². The van der Waals surface area contributed by atoms with Crippen LogP contribution in [-0.2, 0) is 14.8 Å². The quantitative estimate of drug-likeness (QED) is 0.602. The molecule has 0 N–H and O–H groups in total. The van der Waals surface area contributed by atoms with E-state index in [1.807, 2.05) is 30.3 Å². The number of benzene rings is 2. The molecule has 1 saturated heterocycles. The minimum atomic E-state index is -3.95. The van der Waals surface area contributed by atoms with Crippen LogP contribution in [0.2, 0.25) is 5.02 Å². The number of nitriles is 1. The van der Waals surface area contributed by atoms with Crippen LogP contribution in [0.4, 0.5) is 5.13 Å². The van der Waals surface area contributed by atoms with Gasteiger partial charge in [-0.2, -0.15) is 5.26 Å². The molecule has 1 atom stereocenters. The first kappa shape index (κ1) is 19.2. The van der Waals surface area contributed by atoms with Gasteiger partial charge < -0.3 is 4.74 Å². The van der Waals surface area contributed by atoms with Crippen LogP contribution in [0.15, 0.2) is 47.4 Å². The molecule has 1 aliphatic heterocycles. The van der Waals surface area contributed by atoms with Crippen LogP contribution in [0.5, 0.6) is 0 Å². The molecule has 2 aromatic carbocycles. The molecule has 1 unspecified atom stereocenters. The number of thiazole rings is 1. The lowest BCUT2D eigenvalue weighted by atomic mass is 10.2. The number of fused-ring (bicyclic) bond motifs is 1. The average Bonchev–Trinajstić information content (AvgIpc) is 3.35. The highest BCUT2D eigenvalue weighted by Crippen LogP contribution is 2.34. The van der Waals surface area contributed by atoms with Crippen LogP contribution in [0.1, 0.15) is 18.4 Å². The highest BCUT2D eigenvalue weighted by Gasteiger charge is 2.32. The molecule has 0 saturated carbocycles. The number of rotatable bonds is 5. The van der Waals surface area contributed by atoms with E-state index in [4.69, 9.17) is 16.3 Å². The van der Waals surface area contributed by atoms with Gasteiger partial charge in [0, 0.05) is 6.61 Å². The molecule has 0 spiro atoms. The molecular weight excluding hydrogens is 418 g/mol. The summed E-state index contributed by atoms with van der Waals surface area (Å²) in [5, 5.41) is 9.81. The lowest BCUT2D eigenvalue weighted by Gasteiger charge is -2.24. The molecule has 4 rings (SSSR count). The third-order valence-corrected chi connectivity index (χ3v) is 7.79. The van der Waals surface area contributed by atoms with Crippen molar-refractivity contribution in [1.82, 2.24) is 4.98 Å². The molecule has 1 aliphatic rings. The van der Waals surface area contributed by atoms with Crippen molar-refractivity contribution >= 4 is 48.3 Å². The zero-order valence-corrected chi connectivity index (χ0v) is 17.1. The van der Waals surface area contributed by atoms with Crippen molar-refractivity contribution in [3.8, 4) is 6.07 Å². The Balaban J connectivity index is 1.80. The minimum Gasteiger partial charge on any atom is -0.376 e. The molecular formula is C19H16ClN3O3S2. The molecule has 28 heavy (non-hydrogen) atoms. The van der Waals surface area contributed by atoms with Gasteiger partial charge in [0.05, 0.1) is 38.3 Å². The van der Waals surface area contributed by atoms with E-state index in [2.05, 4.69) is 4.98 Å². The minimum absolute atomic E-state index is 0.00528. The van der Waals surface area contributed by atoms with Gasteiger partial charge in [0.2, 0.25) is 5.13 Å². The van der Waals surface area contributed by atoms with Gasteiger partial charge in [0.1, 0.15) is 6.07 Å². The summed E-state index contributed by atoms with van der Waals surface area (Å²) in [4.78, 5) is 4.53. The molecule has 0 aliphatic carbocycles. The number of nitrogens with zero attached hydrogens (tertiary/aromatic N) is 3. The van der Waals surface area contributed by atoms with Crippen LogP contribution in [0.3, 0.4) is 0 Å². The fourth-order valence-electron chi connectivity index (χ4n) is 3.10. The fraction of sp³-hybridized carbons (Fsp3) is 0.263. The topological polar surface area (TPSA) is 83.3 Å². The maximum Gasteiger partial charge on any atom is 0.266 e. The lowest BCUT2D eigenvalue weighted by molar-refractivity contribution is 0.118. The number of aromatic nitrogens is 1. The summed E-state index contributed by atoms with van der Waals surface area (Å²) < 4.78 is 34.8. The molecule has 1 fully saturated rings. The predicted octanol–water partition coefficient (Wildman–Crippen LogP) is 4.20. The second-order valence-electron chi connectivity index (χ2n) is 6.39. The van der Waals surface area contributed by atoms with Crippen molar-refractivity contribution in [2.45, 2.75) is 23.8 Å². The highest BCUT2D eigenvalue weighted by atomic mass is 35.5. The van der Waals surface area contributed by atoms with Crippen LogP contribution in [-0.4, -0.2) is 32.7 Å². The predicted molar refractivity (Wildman–Crippen MR) is 109 cm³/mol. The number of hydrogen-bond acceptors (Lipinski definition) is 6. The third-order valence-electron chi connectivity index (χ3n) is 4.54. The Hall–Kier alpha value is -2.18. The maximum atomic E-state index is 13.5. The number of sulfonamides is 1. The largest absolute Gasteiger partial charge is 0.376 e. The van der Waals surface area contributed by atoms with Crippen LogP contribution >= 0.6 is 22.9 Å². The number of halogens is 1.